The summed E-state index contributed by atoms with van der Waals surface area (Å²) < 4.78 is 30.4. The number of hydrogen-bond acceptors (Lipinski definition) is 5. The van der Waals surface area contributed by atoms with Crippen LogP contribution in [-0.2, 0) is 25.8 Å². The van der Waals surface area contributed by atoms with Crippen LogP contribution in [0.5, 0.6) is 0 Å². The number of piperidine rings is 1. The monoisotopic (exact) mass is 492 g/mol. The molecule has 192 valence electrons. The second-order valence-electron chi connectivity index (χ2n) is 11.4. The molecule has 0 radical (unpaired) electrons. The van der Waals surface area contributed by atoms with Gasteiger partial charge in [0.25, 0.3) is 0 Å². The van der Waals surface area contributed by atoms with Gasteiger partial charge in [0, 0.05) is 25.3 Å². The standard InChI is InChI=1S/C27H44N2O4S/c1-18-16-29(21(4)22(5)33-18)25-10-9-24(19(2)20(25)3)15-26(30)28-13-11-23(12-14-28)17-34(31,32)27(6,7)8/h9-10,18,21-23H,11-17H2,1-8H3/t18-,21?,22+/m0/s1. The minimum absolute atomic E-state index is 0.134. The topological polar surface area (TPSA) is 66.9 Å². The van der Waals surface area contributed by atoms with E-state index in [1.54, 1.807) is 20.8 Å². The number of ether oxygens (including phenoxy) is 1. The van der Waals surface area contributed by atoms with Gasteiger partial charge in [-0.05, 0) is 96.9 Å². The van der Waals surface area contributed by atoms with E-state index in [0.29, 0.717) is 25.6 Å². The Morgan fingerprint density at radius 3 is 2.26 bits per heavy atom. The van der Waals surface area contributed by atoms with E-state index in [9.17, 15) is 13.2 Å². The number of amides is 1. The first-order valence-electron chi connectivity index (χ1n) is 12.7. The maximum Gasteiger partial charge on any atom is 0.226 e. The fraction of sp³-hybridized carbons (Fsp3) is 0.741. The largest absolute Gasteiger partial charge is 0.372 e. The van der Waals surface area contributed by atoms with E-state index < -0.39 is 14.6 Å². The molecule has 6 nitrogen and oxygen atoms in total. The molecule has 3 atom stereocenters. The zero-order valence-corrected chi connectivity index (χ0v) is 23.2. The molecule has 0 saturated carbocycles. The quantitative estimate of drug-likeness (QED) is 0.613. The van der Waals surface area contributed by atoms with Crippen LogP contribution in [0.2, 0.25) is 0 Å². The van der Waals surface area contributed by atoms with Crippen molar-refractivity contribution in [3.8, 4) is 0 Å². The van der Waals surface area contributed by atoms with Crippen molar-refractivity contribution >= 4 is 21.4 Å². The Bertz CT molecular complexity index is 991. The lowest BCUT2D eigenvalue weighted by molar-refractivity contribution is -0.131. The second kappa shape index (κ2) is 10.2. The molecular weight excluding hydrogens is 448 g/mol. The number of carbonyl (C=O) groups excluding carboxylic acids is 1. The molecule has 0 bridgehead atoms. The molecule has 2 aliphatic heterocycles. The Balaban J connectivity index is 1.63. The van der Waals surface area contributed by atoms with Gasteiger partial charge in [0.05, 0.1) is 35.2 Å². The number of sulfone groups is 1. The summed E-state index contributed by atoms with van der Waals surface area (Å²) in [6, 6.07) is 4.57. The summed E-state index contributed by atoms with van der Waals surface area (Å²) >= 11 is 0. The van der Waals surface area contributed by atoms with Crippen LogP contribution in [0.3, 0.4) is 0 Å². The molecule has 1 unspecified atom stereocenters. The predicted molar refractivity (Wildman–Crippen MR) is 139 cm³/mol. The van der Waals surface area contributed by atoms with Crippen molar-refractivity contribution in [2.45, 2.75) is 97.6 Å². The minimum atomic E-state index is -3.13. The van der Waals surface area contributed by atoms with Gasteiger partial charge in [-0.3, -0.25) is 4.79 Å². The summed E-state index contributed by atoms with van der Waals surface area (Å²) in [5.74, 6) is 0.487. The van der Waals surface area contributed by atoms with Crippen molar-refractivity contribution in [3.05, 3.63) is 28.8 Å². The molecule has 34 heavy (non-hydrogen) atoms. The van der Waals surface area contributed by atoms with Gasteiger partial charge >= 0.3 is 0 Å². The molecule has 2 saturated heterocycles. The van der Waals surface area contributed by atoms with Crippen LogP contribution in [0, 0.1) is 19.8 Å². The van der Waals surface area contributed by atoms with Crippen molar-refractivity contribution in [1.82, 2.24) is 4.90 Å². The highest BCUT2D eigenvalue weighted by Gasteiger charge is 2.34. The van der Waals surface area contributed by atoms with E-state index in [0.717, 1.165) is 24.9 Å². The average Bonchev–Trinajstić information content (AvgIpc) is 2.74. The van der Waals surface area contributed by atoms with E-state index >= 15 is 0 Å². The van der Waals surface area contributed by atoms with Crippen molar-refractivity contribution in [2.75, 3.05) is 30.3 Å². The summed E-state index contributed by atoms with van der Waals surface area (Å²) in [7, 11) is -3.13. The third kappa shape index (κ3) is 5.78. The number of hydrogen-bond donors (Lipinski definition) is 0. The molecule has 1 amide bonds. The SMILES string of the molecule is Cc1c(CC(=O)N2CCC(CS(=O)(=O)C(C)(C)C)CC2)ccc(N2C[C@H](C)O[C@H](C)C2C)c1C. The molecule has 1 aromatic rings. The van der Waals surface area contributed by atoms with E-state index in [1.807, 2.05) is 4.90 Å². The van der Waals surface area contributed by atoms with Gasteiger partial charge in [-0.1, -0.05) is 6.07 Å². The van der Waals surface area contributed by atoms with Crippen LogP contribution in [0.1, 0.15) is 71.1 Å². The summed E-state index contributed by atoms with van der Waals surface area (Å²) in [6.45, 7) is 18.1. The molecule has 0 aliphatic carbocycles. The molecule has 3 rings (SSSR count). The lowest BCUT2D eigenvalue weighted by atomic mass is 9.95. The Kier molecular flexibility index (Phi) is 8.08. The number of anilines is 1. The van der Waals surface area contributed by atoms with E-state index in [-0.39, 0.29) is 29.8 Å². The number of benzene rings is 1. The highest BCUT2D eigenvalue weighted by molar-refractivity contribution is 7.92. The molecule has 2 heterocycles. The number of likely N-dealkylation sites (tertiary alicyclic amines) is 1. The smallest absolute Gasteiger partial charge is 0.226 e. The Morgan fingerprint density at radius 1 is 1.06 bits per heavy atom. The van der Waals surface area contributed by atoms with Crippen molar-refractivity contribution < 1.29 is 17.9 Å². The van der Waals surface area contributed by atoms with Crippen molar-refractivity contribution in [1.29, 1.82) is 0 Å². The third-order valence-electron chi connectivity index (χ3n) is 7.95. The van der Waals surface area contributed by atoms with Crippen molar-refractivity contribution in [2.24, 2.45) is 5.92 Å². The van der Waals surface area contributed by atoms with Gasteiger partial charge in [-0.2, -0.15) is 0 Å². The molecule has 7 heteroatoms. The van der Waals surface area contributed by atoms with Gasteiger partial charge in [0.15, 0.2) is 9.84 Å². The summed E-state index contributed by atoms with van der Waals surface area (Å²) in [6.07, 6.45) is 2.26. The van der Waals surface area contributed by atoms with Gasteiger partial charge in [-0.25, -0.2) is 8.42 Å². The fourth-order valence-electron chi connectivity index (χ4n) is 5.09. The minimum Gasteiger partial charge on any atom is -0.372 e. The average molecular weight is 493 g/mol. The van der Waals surface area contributed by atoms with Gasteiger partial charge in [0.2, 0.25) is 5.91 Å². The van der Waals surface area contributed by atoms with Crippen LogP contribution in [0.15, 0.2) is 12.1 Å². The first kappa shape index (κ1) is 27.0. The highest BCUT2D eigenvalue weighted by atomic mass is 32.2. The van der Waals surface area contributed by atoms with Crippen LogP contribution in [-0.4, -0.2) is 67.6 Å². The Labute approximate surface area is 207 Å². The molecule has 1 aromatic carbocycles. The van der Waals surface area contributed by atoms with Gasteiger partial charge in [-0.15, -0.1) is 0 Å². The molecule has 0 aromatic heterocycles. The zero-order valence-electron chi connectivity index (χ0n) is 22.3. The van der Waals surface area contributed by atoms with Crippen molar-refractivity contribution in [3.63, 3.8) is 0 Å². The molecule has 2 aliphatic rings. The van der Waals surface area contributed by atoms with Gasteiger partial charge in [0.1, 0.15) is 0 Å². The molecule has 2 fully saturated rings. The summed E-state index contributed by atoms with van der Waals surface area (Å²) in [5, 5.41) is 0. The first-order valence-corrected chi connectivity index (χ1v) is 14.4. The normalized spacial score (nSPS) is 25.0. The third-order valence-corrected chi connectivity index (χ3v) is 10.7. The first-order chi connectivity index (χ1) is 15.7. The summed E-state index contributed by atoms with van der Waals surface area (Å²) in [4.78, 5) is 17.4. The molecule has 0 N–H and O–H groups in total. The van der Waals surface area contributed by atoms with E-state index in [1.165, 1.54) is 16.8 Å². The van der Waals surface area contributed by atoms with Crippen LogP contribution in [0.25, 0.3) is 0 Å². The fourth-order valence-corrected chi connectivity index (χ4v) is 6.54. The number of morpholine rings is 1. The van der Waals surface area contributed by atoms with Crippen LogP contribution < -0.4 is 4.90 Å². The lowest BCUT2D eigenvalue weighted by Gasteiger charge is -2.43. The van der Waals surface area contributed by atoms with E-state index in [2.05, 4.69) is 51.7 Å². The predicted octanol–water partition coefficient (Wildman–Crippen LogP) is 4.30. The number of rotatable bonds is 5. The second-order valence-corrected chi connectivity index (χ2v) is 14.2. The Morgan fingerprint density at radius 2 is 1.68 bits per heavy atom. The van der Waals surface area contributed by atoms with E-state index in [4.69, 9.17) is 4.74 Å². The van der Waals surface area contributed by atoms with Crippen LogP contribution >= 0.6 is 0 Å². The highest BCUT2D eigenvalue weighted by Crippen LogP contribution is 2.32. The van der Waals surface area contributed by atoms with Crippen LogP contribution in [0.4, 0.5) is 5.69 Å². The maximum absolute atomic E-state index is 13.1. The lowest BCUT2D eigenvalue weighted by Crippen LogP contribution is -2.52. The number of carbonyl (C=O) groups is 1. The van der Waals surface area contributed by atoms with Gasteiger partial charge < -0.3 is 14.5 Å². The zero-order chi connectivity index (χ0) is 25.4. The summed E-state index contributed by atoms with van der Waals surface area (Å²) in [5.41, 5.74) is 4.70. The Hall–Kier alpha value is -1.60. The maximum atomic E-state index is 13.1. The number of nitrogens with zero attached hydrogens (tertiary/aromatic N) is 2. The molecular formula is C27H44N2O4S. The molecule has 0 spiro atoms.